The molecule has 0 heterocycles. The highest BCUT2D eigenvalue weighted by Crippen LogP contribution is 2.22. The molecule has 190 valence electrons. The lowest BCUT2D eigenvalue weighted by Crippen LogP contribution is -2.52. The third-order valence-corrected chi connectivity index (χ3v) is 7.37. The molecule has 3 aromatic rings. The molecule has 6 heteroatoms. The van der Waals surface area contributed by atoms with E-state index < -0.39 is 6.04 Å². The highest BCUT2D eigenvalue weighted by molar-refractivity contribution is 7.99. The molecular weight excluding hydrogens is 488 g/mol. The molecule has 0 bridgehead atoms. The van der Waals surface area contributed by atoms with Gasteiger partial charge in [-0.25, -0.2) is 0 Å². The lowest BCUT2D eigenvalue weighted by Gasteiger charge is -2.32. The summed E-state index contributed by atoms with van der Waals surface area (Å²) in [6.45, 7) is 6.40. The van der Waals surface area contributed by atoms with Gasteiger partial charge in [-0.2, -0.15) is 0 Å². The van der Waals surface area contributed by atoms with Crippen molar-refractivity contribution in [3.8, 4) is 0 Å². The van der Waals surface area contributed by atoms with Crippen molar-refractivity contribution in [3.05, 3.63) is 101 Å². The predicted molar refractivity (Wildman–Crippen MR) is 150 cm³/mol. The van der Waals surface area contributed by atoms with Crippen LogP contribution in [0.25, 0.3) is 0 Å². The second kappa shape index (κ2) is 14.1. The summed E-state index contributed by atoms with van der Waals surface area (Å²) >= 11 is 7.90. The lowest BCUT2D eigenvalue weighted by molar-refractivity contribution is -0.141. The van der Waals surface area contributed by atoms with Crippen molar-refractivity contribution >= 4 is 35.2 Å². The molecule has 2 amide bonds. The number of benzene rings is 3. The monoisotopic (exact) mass is 522 g/mol. The largest absolute Gasteiger partial charge is 0.352 e. The van der Waals surface area contributed by atoms with Gasteiger partial charge in [-0.1, -0.05) is 78.7 Å². The summed E-state index contributed by atoms with van der Waals surface area (Å²) in [4.78, 5) is 30.0. The Kier molecular flexibility index (Phi) is 10.9. The Morgan fingerprint density at radius 2 is 1.67 bits per heavy atom. The summed E-state index contributed by atoms with van der Waals surface area (Å²) in [5, 5.41) is 3.72. The molecule has 3 rings (SSSR count). The zero-order valence-electron chi connectivity index (χ0n) is 21.2. The summed E-state index contributed by atoms with van der Waals surface area (Å²) in [5.74, 6) is 0.462. The van der Waals surface area contributed by atoms with Crippen molar-refractivity contribution in [2.45, 2.75) is 63.6 Å². The minimum Gasteiger partial charge on any atom is -0.352 e. The van der Waals surface area contributed by atoms with Gasteiger partial charge in [-0.15, -0.1) is 11.8 Å². The van der Waals surface area contributed by atoms with Crippen molar-refractivity contribution in [1.82, 2.24) is 10.2 Å². The summed E-state index contributed by atoms with van der Waals surface area (Å²) < 4.78 is 0. The number of rotatable bonds is 12. The first-order chi connectivity index (χ1) is 17.4. The van der Waals surface area contributed by atoms with Gasteiger partial charge in [-0.3, -0.25) is 9.59 Å². The van der Waals surface area contributed by atoms with E-state index in [-0.39, 0.29) is 17.9 Å². The van der Waals surface area contributed by atoms with Gasteiger partial charge in [0.15, 0.2) is 0 Å². The molecule has 0 aliphatic rings. The summed E-state index contributed by atoms with van der Waals surface area (Å²) in [6, 6.07) is 25.0. The van der Waals surface area contributed by atoms with Crippen molar-refractivity contribution in [2.24, 2.45) is 0 Å². The zero-order chi connectivity index (χ0) is 25.9. The zero-order valence-corrected chi connectivity index (χ0v) is 22.8. The number of aryl methyl sites for hydroxylation is 1. The molecule has 3 aromatic carbocycles. The second-order valence-electron chi connectivity index (χ2n) is 9.09. The van der Waals surface area contributed by atoms with E-state index in [9.17, 15) is 9.59 Å². The molecule has 4 nitrogen and oxygen atoms in total. The van der Waals surface area contributed by atoms with Crippen LogP contribution in [0.4, 0.5) is 0 Å². The number of thioether (sulfide) groups is 1. The number of hydrogen-bond donors (Lipinski definition) is 1. The van der Waals surface area contributed by atoms with Crippen LogP contribution in [-0.4, -0.2) is 34.6 Å². The third-order valence-electron chi connectivity index (χ3n) is 6.12. The Morgan fingerprint density at radius 3 is 2.33 bits per heavy atom. The Morgan fingerprint density at radius 1 is 0.972 bits per heavy atom. The van der Waals surface area contributed by atoms with Gasteiger partial charge in [0.1, 0.15) is 6.04 Å². The molecule has 0 radical (unpaired) electrons. The van der Waals surface area contributed by atoms with Crippen LogP contribution >= 0.6 is 23.4 Å². The van der Waals surface area contributed by atoms with Gasteiger partial charge in [-0.05, 0) is 55.7 Å². The Hall–Kier alpha value is -2.76. The van der Waals surface area contributed by atoms with Gasteiger partial charge in [0.2, 0.25) is 11.8 Å². The van der Waals surface area contributed by atoms with Crippen molar-refractivity contribution in [3.63, 3.8) is 0 Å². The van der Waals surface area contributed by atoms with E-state index in [0.29, 0.717) is 30.2 Å². The molecule has 0 aliphatic carbocycles. The van der Waals surface area contributed by atoms with Crippen molar-refractivity contribution in [2.75, 3.05) is 5.75 Å². The first-order valence-corrected chi connectivity index (χ1v) is 13.8. The number of nitrogens with one attached hydrogen (secondary N) is 1. The van der Waals surface area contributed by atoms with Crippen LogP contribution in [0, 0.1) is 6.92 Å². The Balaban J connectivity index is 1.85. The summed E-state index contributed by atoms with van der Waals surface area (Å²) in [6.07, 6.45) is 1.60. The Bertz CT molecular complexity index is 1120. The van der Waals surface area contributed by atoms with E-state index in [4.69, 9.17) is 11.6 Å². The first kappa shape index (κ1) is 27.8. The van der Waals surface area contributed by atoms with E-state index in [1.54, 1.807) is 16.7 Å². The maximum absolute atomic E-state index is 13.7. The fourth-order valence-electron chi connectivity index (χ4n) is 3.86. The van der Waals surface area contributed by atoms with Crippen LogP contribution in [0.5, 0.6) is 0 Å². The number of hydrogen-bond acceptors (Lipinski definition) is 3. The molecule has 0 aliphatic heterocycles. The van der Waals surface area contributed by atoms with E-state index in [1.807, 2.05) is 68.4 Å². The van der Waals surface area contributed by atoms with Gasteiger partial charge in [0.25, 0.3) is 0 Å². The summed E-state index contributed by atoms with van der Waals surface area (Å²) in [5.41, 5.74) is 3.12. The molecule has 1 N–H and O–H groups in total. The number of nitrogens with zero attached hydrogens (tertiary/aromatic N) is 1. The van der Waals surface area contributed by atoms with Crippen molar-refractivity contribution in [1.29, 1.82) is 0 Å². The molecule has 0 aromatic heterocycles. The normalized spacial score (nSPS) is 12.6. The topological polar surface area (TPSA) is 49.4 Å². The van der Waals surface area contributed by atoms with Crippen LogP contribution in [-0.2, 0) is 22.6 Å². The van der Waals surface area contributed by atoms with Crippen LogP contribution < -0.4 is 5.32 Å². The predicted octanol–water partition coefficient (Wildman–Crippen LogP) is 6.69. The van der Waals surface area contributed by atoms with Crippen molar-refractivity contribution < 1.29 is 9.59 Å². The SMILES string of the molecule is CC[C@@H](C)NC(=O)[C@@H](Cc1ccccc1)N(Cc1cccc(Cl)c1)C(=O)CCSc1ccc(C)cc1. The average Bonchev–Trinajstić information content (AvgIpc) is 2.87. The van der Waals surface area contributed by atoms with Crippen LogP contribution in [0.3, 0.4) is 0 Å². The molecule has 0 fully saturated rings. The number of halogens is 1. The van der Waals surface area contributed by atoms with Gasteiger partial charge < -0.3 is 10.2 Å². The van der Waals surface area contributed by atoms with Gasteiger partial charge in [0.05, 0.1) is 0 Å². The van der Waals surface area contributed by atoms with E-state index in [2.05, 4.69) is 36.5 Å². The quantitative estimate of drug-likeness (QED) is 0.270. The standard InChI is InChI=1S/C30H35ClN2O2S/c1-4-23(3)32-30(35)28(20-24-9-6-5-7-10-24)33(21-25-11-8-12-26(31)19-25)29(34)17-18-36-27-15-13-22(2)14-16-27/h5-16,19,23,28H,4,17-18,20-21H2,1-3H3,(H,32,35)/t23-,28-/m1/s1. The maximum Gasteiger partial charge on any atom is 0.243 e. The summed E-state index contributed by atoms with van der Waals surface area (Å²) in [7, 11) is 0. The maximum atomic E-state index is 13.7. The van der Waals surface area contributed by atoms with Crippen LogP contribution in [0.15, 0.2) is 83.8 Å². The van der Waals surface area contributed by atoms with Crippen LogP contribution in [0.2, 0.25) is 5.02 Å². The number of carbonyl (C=O) groups is 2. The fraction of sp³-hybridized carbons (Fsp3) is 0.333. The Labute approximate surface area is 224 Å². The fourth-order valence-corrected chi connectivity index (χ4v) is 4.92. The highest BCUT2D eigenvalue weighted by atomic mass is 35.5. The lowest BCUT2D eigenvalue weighted by atomic mass is 10.0. The minimum atomic E-state index is -0.628. The highest BCUT2D eigenvalue weighted by Gasteiger charge is 2.30. The third kappa shape index (κ3) is 8.72. The van der Waals surface area contributed by atoms with E-state index in [1.165, 1.54) is 5.56 Å². The molecule has 0 saturated carbocycles. The van der Waals surface area contributed by atoms with E-state index >= 15 is 0 Å². The van der Waals surface area contributed by atoms with E-state index in [0.717, 1.165) is 22.4 Å². The number of carbonyl (C=O) groups excluding carboxylic acids is 2. The molecular formula is C30H35ClN2O2S. The first-order valence-electron chi connectivity index (χ1n) is 12.4. The molecule has 0 unspecified atom stereocenters. The van der Waals surface area contributed by atoms with Gasteiger partial charge in [0, 0.05) is 41.1 Å². The van der Waals surface area contributed by atoms with Gasteiger partial charge >= 0.3 is 0 Å². The molecule has 0 saturated heterocycles. The number of amides is 2. The molecule has 36 heavy (non-hydrogen) atoms. The average molecular weight is 523 g/mol. The van der Waals surface area contributed by atoms with Crippen LogP contribution in [0.1, 0.15) is 43.4 Å². The molecule has 0 spiro atoms. The smallest absolute Gasteiger partial charge is 0.243 e. The molecule has 2 atom stereocenters. The minimum absolute atomic E-state index is 0.0241. The second-order valence-corrected chi connectivity index (χ2v) is 10.7.